The number of alkyl halides is 3. The predicted molar refractivity (Wildman–Crippen MR) is 54.6 cm³/mol. The Morgan fingerprint density at radius 3 is 2.09 bits per heavy atom. The van der Waals surface area contributed by atoms with Gasteiger partial charge in [-0.05, 0) is 18.6 Å². The minimum absolute atomic E-state index is 0. The second-order valence-corrected chi connectivity index (χ2v) is 3.92. The first-order valence-corrected chi connectivity index (χ1v) is 5.06. The number of aliphatic carboxylic acids is 1. The summed E-state index contributed by atoms with van der Waals surface area (Å²) in [6, 6.07) is 4.68. The van der Waals surface area contributed by atoms with E-state index in [0.717, 1.165) is 6.08 Å². The Hall–Kier alpha value is -2.33. The van der Waals surface area contributed by atoms with Crippen LogP contribution in [0.25, 0.3) is 6.08 Å². The van der Waals surface area contributed by atoms with Gasteiger partial charge in [0.05, 0.1) is 5.97 Å². The zero-order valence-corrected chi connectivity index (χ0v) is 11.1. The van der Waals surface area contributed by atoms with Crippen LogP contribution in [0.1, 0.15) is 11.1 Å². The molecule has 0 aromatic heterocycles. The van der Waals surface area contributed by atoms with E-state index in [1.165, 1.54) is 6.07 Å². The molecule has 0 radical (unpaired) electrons. The Kier molecular flexibility index (Phi) is 12.1. The minimum atomic E-state index is -4.80. The summed E-state index contributed by atoms with van der Waals surface area (Å²) in [6.45, 7) is 1.59. The smallest absolute Gasteiger partial charge is 0.429 e. The van der Waals surface area contributed by atoms with E-state index in [1.807, 2.05) is 0 Å². The van der Waals surface area contributed by atoms with Crippen molar-refractivity contribution in [1.82, 2.24) is 0 Å². The summed E-state index contributed by atoms with van der Waals surface area (Å²) in [5.74, 6) is -1.84. The van der Waals surface area contributed by atoms with Crippen LogP contribution in [0.2, 0.25) is 0 Å². The van der Waals surface area contributed by atoms with Gasteiger partial charge < -0.3 is 38.2 Å². The van der Waals surface area contributed by atoms with Gasteiger partial charge in [-0.25, -0.2) is 0 Å². The highest BCUT2D eigenvalue weighted by atomic mass is 19.4. The molecule has 0 saturated carbocycles. The number of hydrogen-bond acceptors (Lipinski definition) is 3. The summed E-state index contributed by atoms with van der Waals surface area (Å²) in [6.07, 6.45) is -6.35. The maximum atomic E-state index is 12.7. The Morgan fingerprint density at radius 2 is 1.65 bits per heavy atom. The molecule has 1 unspecified atom stereocenters. The van der Waals surface area contributed by atoms with E-state index in [-0.39, 0.29) is 29.3 Å². The molecule has 11 heteroatoms. The highest BCUT2D eigenvalue weighted by molar-refractivity contribution is 5.93. The SMILES string of the molecule is Cc1cccc2c1OC(C(F)(F)F)C(C(=O)[O-])=C2.[F-].[F-].[F-].[F-].[F-]. The van der Waals surface area contributed by atoms with Gasteiger partial charge in [-0.1, -0.05) is 18.2 Å². The quantitative estimate of drug-likeness (QED) is 0.472. The van der Waals surface area contributed by atoms with E-state index in [0.29, 0.717) is 11.1 Å². The molecule has 0 saturated heterocycles. The molecule has 1 aromatic rings. The summed E-state index contributed by atoms with van der Waals surface area (Å²) in [5.41, 5.74) is -0.106. The molecule has 2 rings (SSSR count). The topological polar surface area (TPSA) is 49.4 Å². The lowest BCUT2D eigenvalue weighted by Crippen LogP contribution is -3.00. The summed E-state index contributed by atoms with van der Waals surface area (Å²) in [7, 11) is 0. The maximum Gasteiger partial charge on any atom is 0.429 e. The second-order valence-electron chi connectivity index (χ2n) is 3.92. The van der Waals surface area contributed by atoms with Crippen molar-refractivity contribution in [3.8, 4) is 5.75 Å². The predicted octanol–water partition coefficient (Wildman–Crippen LogP) is -13.5. The second kappa shape index (κ2) is 9.64. The van der Waals surface area contributed by atoms with Crippen molar-refractivity contribution >= 4 is 12.0 Å². The molecule has 1 aliphatic rings. The number of ether oxygens (including phenoxy) is 1. The third-order valence-electron chi connectivity index (χ3n) is 2.60. The van der Waals surface area contributed by atoms with Gasteiger partial charge in [-0.3, -0.25) is 0 Å². The molecular weight excluding hydrogens is 344 g/mol. The van der Waals surface area contributed by atoms with Crippen molar-refractivity contribution in [2.75, 3.05) is 0 Å². The zero-order chi connectivity index (χ0) is 13.5. The van der Waals surface area contributed by atoms with Crippen LogP contribution in [0.3, 0.4) is 0 Å². The number of carbonyl (C=O) groups is 1. The number of carbonyl (C=O) groups excluding carboxylic acids is 1. The number of aryl methyl sites for hydroxylation is 1. The molecule has 136 valence electrons. The van der Waals surface area contributed by atoms with Crippen molar-refractivity contribution in [1.29, 1.82) is 0 Å². The third-order valence-corrected chi connectivity index (χ3v) is 2.60. The summed E-state index contributed by atoms with van der Waals surface area (Å²) >= 11 is 0. The first kappa shape index (κ1) is 28.8. The molecule has 0 aliphatic carbocycles. The van der Waals surface area contributed by atoms with Crippen molar-refractivity contribution in [3.63, 3.8) is 0 Å². The monoisotopic (exact) mass is 352 g/mol. The molecule has 0 bridgehead atoms. The molecule has 0 N–H and O–H groups in total. The number of benzene rings is 1. The average molecular weight is 352 g/mol. The molecule has 0 fully saturated rings. The van der Waals surface area contributed by atoms with Crippen LogP contribution in [-0.2, 0) is 4.79 Å². The highest BCUT2D eigenvalue weighted by Crippen LogP contribution is 2.38. The van der Waals surface area contributed by atoms with Crippen LogP contribution >= 0.6 is 0 Å². The number of fused-ring (bicyclic) bond motifs is 1. The van der Waals surface area contributed by atoms with Gasteiger partial charge in [0.15, 0.2) is 0 Å². The Morgan fingerprint density at radius 1 is 1.13 bits per heavy atom. The van der Waals surface area contributed by atoms with Crippen LogP contribution in [0.4, 0.5) is 13.2 Å². The lowest BCUT2D eigenvalue weighted by molar-refractivity contribution is -0.302. The van der Waals surface area contributed by atoms with E-state index in [2.05, 4.69) is 0 Å². The van der Waals surface area contributed by atoms with Gasteiger partial charge in [0.2, 0.25) is 6.10 Å². The van der Waals surface area contributed by atoms with Crippen LogP contribution < -0.4 is 33.4 Å². The van der Waals surface area contributed by atoms with E-state index in [1.54, 1.807) is 19.1 Å². The van der Waals surface area contributed by atoms with Gasteiger partial charge in [0, 0.05) is 11.1 Å². The molecule has 0 amide bonds. The largest absolute Gasteiger partial charge is 1.00 e. The Bertz CT molecular complexity index is 542. The Labute approximate surface area is 124 Å². The molecular formula is C12H8F8O3-6. The van der Waals surface area contributed by atoms with Crippen molar-refractivity contribution < 1.29 is 51.3 Å². The lowest BCUT2D eigenvalue weighted by atomic mass is 9.99. The van der Waals surface area contributed by atoms with E-state index in [9.17, 15) is 23.1 Å². The standard InChI is InChI=1S/C12H9F3O3.5FH/c1-6-3-2-4-7-5-8(11(16)17)10(12(13,14)15)18-9(6)7;;;;;/h2-5,10H,1H3,(H,16,17);5*1H/p-6. The lowest BCUT2D eigenvalue weighted by Gasteiger charge is -2.30. The average Bonchev–Trinajstić information content (AvgIpc) is 2.26. The van der Waals surface area contributed by atoms with Crippen LogP contribution in [-0.4, -0.2) is 18.2 Å². The molecule has 1 aromatic carbocycles. The molecule has 1 aliphatic heterocycles. The van der Waals surface area contributed by atoms with Crippen LogP contribution in [0.15, 0.2) is 23.8 Å². The van der Waals surface area contributed by atoms with Crippen LogP contribution in [0.5, 0.6) is 5.75 Å². The number of carboxylic acids is 1. The first-order chi connectivity index (χ1) is 8.30. The number of rotatable bonds is 1. The summed E-state index contributed by atoms with van der Waals surface area (Å²) < 4.78 is 42.9. The summed E-state index contributed by atoms with van der Waals surface area (Å²) in [5, 5.41) is 10.7. The molecule has 1 atom stereocenters. The number of para-hydroxylation sites is 1. The first-order valence-electron chi connectivity index (χ1n) is 5.06. The molecule has 1 heterocycles. The fourth-order valence-corrected chi connectivity index (χ4v) is 1.78. The van der Waals surface area contributed by atoms with E-state index < -0.39 is 23.8 Å². The maximum absolute atomic E-state index is 12.7. The normalized spacial score (nSPS) is 14.6. The van der Waals surface area contributed by atoms with Gasteiger partial charge in [0.1, 0.15) is 5.75 Å². The van der Waals surface area contributed by atoms with E-state index in [4.69, 9.17) is 4.74 Å². The molecule has 3 nitrogen and oxygen atoms in total. The van der Waals surface area contributed by atoms with Crippen LogP contribution in [0, 0.1) is 6.92 Å². The fraction of sp³-hybridized carbons (Fsp3) is 0.250. The van der Waals surface area contributed by atoms with Gasteiger partial charge in [0.25, 0.3) is 0 Å². The number of halogens is 8. The minimum Gasteiger partial charge on any atom is -1.00 e. The fourth-order valence-electron chi connectivity index (χ4n) is 1.78. The highest BCUT2D eigenvalue weighted by Gasteiger charge is 2.46. The molecule has 0 spiro atoms. The number of carboxylic acid groups (broad SMARTS) is 1. The van der Waals surface area contributed by atoms with Gasteiger partial charge in [-0.15, -0.1) is 0 Å². The number of hydrogen-bond donors (Lipinski definition) is 0. The van der Waals surface area contributed by atoms with Gasteiger partial charge in [-0.2, -0.15) is 13.2 Å². The third kappa shape index (κ3) is 5.42. The van der Waals surface area contributed by atoms with Crippen molar-refractivity contribution in [2.45, 2.75) is 19.2 Å². The summed E-state index contributed by atoms with van der Waals surface area (Å²) in [4.78, 5) is 10.7. The van der Waals surface area contributed by atoms with Crippen molar-refractivity contribution in [3.05, 3.63) is 34.9 Å². The Balaban J connectivity index is -0.000000361. The van der Waals surface area contributed by atoms with E-state index >= 15 is 0 Å². The molecule has 23 heavy (non-hydrogen) atoms. The van der Waals surface area contributed by atoms with Gasteiger partial charge >= 0.3 is 6.18 Å². The van der Waals surface area contributed by atoms with Crippen molar-refractivity contribution in [2.24, 2.45) is 0 Å². The zero-order valence-electron chi connectivity index (χ0n) is 11.1.